The van der Waals surface area contributed by atoms with Crippen molar-refractivity contribution in [2.24, 2.45) is 0 Å². The van der Waals surface area contributed by atoms with Crippen LogP contribution in [-0.4, -0.2) is 35.9 Å². The summed E-state index contributed by atoms with van der Waals surface area (Å²) in [4.78, 5) is 8.11. The molecule has 7 heteroatoms. The molecule has 1 N–H and O–H groups in total. The molecule has 0 bridgehead atoms. The van der Waals surface area contributed by atoms with Crippen LogP contribution in [0.5, 0.6) is 0 Å². The van der Waals surface area contributed by atoms with Crippen molar-refractivity contribution in [3.05, 3.63) is 17.5 Å². The monoisotopic (exact) mass is 252 g/mol. The highest BCUT2D eigenvalue weighted by molar-refractivity contribution is 7.91. The predicted molar refractivity (Wildman–Crippen MR) is 62.2 cm³/mol. The maximum atomic E-state index is 11.3. The van der Waals surface area contributed by atoms with E-state index in [2.05, 4.69) is 15.3 Å². The summed E-state index contributed by atoms with van der Waals surface area (Å²) in [5.74, 6) is 0.622. The first-order valence-corrected chi connectivity index (χ1v) is 7.03. The van der Waals surface area contributed by atoms with Gasteiger partial charge in [0.15, 0.2) is 9.84 Å². The number of anilines is 1. The van der Waals surface area contributed by atoms with Crippen LogP contribution in [0.25, 0.3) is 0 Å². The topological polar surface area (TPSA) is 95.7 Å². The molecule has 1 aliphatic rings. The van der Waals surface area contributed by atoms with Gasteiger partial charge >= 0.3 is 0 Å². The lowest BCUT2D eigenvalue weighted by molar-refractivity contribution is 0.602. The van der Waals surface area contributed by atoms with Gasteiger partial charge in [-0.1, -0.05) is 0 Å². The SMILES string of the molecule is Cc1cc(C#N)nc(NC2CCS(=O)(=O)C2)n1. The molecule has 1 unspecified atom stereocenters. The minimum absolute atomic E-state index is 0.103. The highest BCUT2D eigenvalue weighted by atomic mass is 32.2. The lowest BCUT2D eigenvalue weighted by Crippen LogP contribution is -2.22. The zero-order valence-electron chi connectivity index (χ0n) is 9.34. The average molecular weight is 252 g/mol. The molecule has 1 aromatic heterocycles. The van der Waals surface area contributed by atoms with Gasteiger partial charge in [0.2, 0.25) is 5.95 Å². The molecular formula is C10H12N4O2S. The van der Waals surface area contributed by atoms with Crippen LogP contribution in [0.4, 0.5) is 5.95 Å². The number of hydrogen-bond donors (Lipinski definition) is 1. The summed E-state index contributed by atoms with van der Waals surface area (Å²) in [6.07, 6.45) is 0.557. The number of aromatic nitrogens is 2. The fourth-order valence-electron chi connectivity index (χ4n) is 1.78. The van der Waals surface area contributed by atoms with E-state index in [1.54, 1.807) is 13.0 Å². The highest BCUT2D eigenvalue weighted by Gasteiger charge is 2.28. The van der Waals surface area contributed by atoms with E-state index in [0.29, 0.717) is 18.1 Å². The first-order valence-electron chi connectivity index (χ1n) is 5.21. The molecule has 1 atom stereocenters. The zero-order valence-corrected chi connectivity index (χ0v) is 10.2. The Labute approximate surface area is 99.6 Å². The van der Waals surface area contributed by atoms with Crippen molar-refractivity contribution in [2.75, 3.05) is 16.8 Å². The van der Waals surface area contributed by atoms with Crippen LogP contribution in [0.15, 0.2) is 6.07 Å². The van der Waals surface area contributed by atoms with Gasteiger partial charge in [-0.2, -0.15) is 5.26 Å². The van der Waals surface area contributed by atoms with E-state index in [4.69, 9.17) is 5.26 Å². The van der Waals surface area contributed by atoms with Crippen LogP contribution in [-0.2, 0) is 9.84 Å². The molecule has 1 aromatic rings. The summed E-state index contributed by atoms with van der Waals surface area (Å²) < 4.78 is 22.6. The van der Waals surface area contributed by atoms with Crippen LogP contribution in [0, 0.1) is 18.3 Å². The summed E-state index contributed by atoms with van der Waals surface area (Å²) in [6, 6.07) is 3.36. The molecule has 2 heterocycles. The molecular weight excluding hydrogens is 240 g/mol. The van der Waals surface area contributed by atoms with Gasteiger partial charge < -0.3 is 5.32 Å². The Balaban J connectivity index is 2.15. The van der Waals surface area contributed by atoms with Crippen LogP contribution in [0.2, 0.25) is 0 Å². The second-order valence-corrected chi connectivity index (χ2v) is 6.30. The molecule has 0 radical (unpaired) electrons. The van der Waals surface area contributed by atoms with Gasteiger partial charge in [-0.3, -0.25) is 0 Å². The number of nitriles is 1. The number of hydrogen-bond acceptors (Lipinski definition) is 6. The third-order valence-electron chi connectivity index (χ3n) is 2.53. The Morgan fingerprint density at radius 1 is 1.53 bits per heavy atom. The van der Waals surface area contributed by atoms with Crippen molar-refractivity contribution >= 4 is 15.8 Å². The van der Waals surface area contributed by atoms with Crippen LogP contribution in [0.1, 0.15) is 17.8 Å². The van der Waals surface area contributed by atoms with Gasteiger partial charge in [0, 0.05) is 11.7 Å². The van der Waals surface area contributed by atoms with Gasteiger partial charge in [-0.25, -0.2) is 18.4 Å². The van der Waals surface area contributed by atoms with E-state index in [1.165, 1.54) is 0 Å². The summed E-state index contributed by atoms with van der Waals surface area (Å²) in [7, 11) is -2.92. The van der Waals surface area contributed by atoms with E-state index >= 15 is 0 Å². The standard InChI is InChI=1S/C10H12N4O2S/c1-7-4-9(5-11)14-10(12-7)13-8-2-3-17(15,16)6-8/h4,8H,2-3,6H2,1H3,(H,12,13,14). The highest BCUT2D eigenvalue weighted by Crippen LogP contribution is 2.15. The van der Waals surface area contributed by atoms with Gasteiger partial charge in [-0.05, 0) is 19.4 Å². The molecule has 0 aromatic carbocycles. The Morgan fingerprint density at radius 3 is 2.88 bits per heavy atom. The van der Waals surface area contributed by atoms with E-state index in [1.807, 2.05) is 6.07 Å². The fourth-order valence-corrected chi connectivity index (χ4v) is 3.46. The van der Waals surface area contributed by atoms with Gasteiger partial charge in [0.1, 0.15) is 11.8 Å². The Bertz CT molecular complexity index is 576. The lowest BCUT2D eigenvalue weighted by Gasteiger charge is -2.10. The molecule has 1 aliphatic heterocycles. The van der Waals surface area contributed by atoms with Crippen molar-refractivity contribution in [1.82, 2.24) is 9.97 Å². The molecule has 0 saturated carbocycles. The molecule has 0 spiro atoms. The largest absolute Gasteiger partial charge is 0.350 e. The van der Waals surface area contributed by atoms with E-state index in [-0.39, 0.29) is 23.2 Å². The normalized spacial score (nSPS) is 22.0. The molecule has 2 rings (SSSR count). The molecule has 90 valence electrons. The van der Waals surface area contributed by atoms with Crippen LogP contribution in [0.3, 0.4) is 0 Å². The minimum atomic E-state index is -2.92. The molecule has 1 fully saturated rings. The maximum Gasteiger partial charge on any atom is 0.224 e. The summed E-state index contributed by atoms with van der Waals surface area (Å²) in [5, 5.41) is 11.7. The number of nitrogens with one attached hydrogen (secondary N) is 1. The van der Waals surface area contributed by atoms with E-state index in [0.717, 1.165) is 0 Å². The van der Waals surface area contributed by atoms with Crippen molar-refractivity contribution in [3.8, 4) is 6.07 Å². The molecule has 0 amide bonds. The van der Waals surface area contributed by atoms with Gasteiger partial charge in [0.05, 0.1) is 11.5 Å². The lowest BCUT2D eigenvalue weighted by atomic mass is 10.3. The summed E-state index contributed by atoms with van der Waals surface area (Å²) in [5.41, 5.74) is 0.959. The summed E-state index contributed by atoms with van der Waals surface area (Å²) >= 11 is 0. The van der Waals surface area contributed by atoms with Crippen molar-refractivity contribution in [3.63, 3.8) is 0 Å². The minimum Gasteiger partial charge on any atom is -0.350 e. The maximum absolute atomic E-state index is 11.3. The fraction of sp³-hybridized carbons (Fsp3) is 0.500. The van der Waals surface area contributed by atoms with Gasteiger partial charge in [-0.15, -0.1) is 0 Å². The molecule has 1 saturated heterocycles. The number of sulfone groups is 1. The number of aryl methyl sites for hydroxylation is 1. The molecule has 6 nitrogen and oxygen atoms in total. The average Bonchev–Trinajstić information content (AvgIpc) is 2.57. The second-order valence-electron chi connectivity index (χ2n) is 4.07. The Hall–Kier alpha value is -1.68. The quantitative estimate of drug-likeness (QED) is 0.810. The van der Waals surface area contributed by atoms with Gasteiger partial charge in [0.25, 0.3) is 0 Å². The second kappa shape index (κ2) is 4.30. The number of nitrogens with zero attached hydrogens (tertiary/aromatic N) is 3. The smallest absolute Gasteiger partial charge is 0.224 e. The van der Waals surface area contributed by atoms with Crippen molar-refractivity contribution < 1.29 is 8.42 Å². The predicted octanol–water partition coefficient (Wildman–Crippen LogP) is 0.256. The van der Waals surface area contributed by atoms with E-state index < -0.39 is 9.84 Å². The third kappa shape index (κ3) is 2.91. The van der Waals surface area contributed by atoms with E-state index in [9.17, 15) is 8.42 Å². The molecule has 0 aliphatic carbocycles. The Kier molecular flexibility index (Phi) is 2.98. The molecule has 17 heavy (non-hydrogen) atoms. The van der Waals surface area contributed by atoms with Crippen molar-refractivity contribution in [1.29, 1.82) is 5.26 Å². The van der Waals surface area contributed by atoms with Crippen LogP contribution < -0.4 is 5.32 Å². The van der Waals surface area contributed by atoms with Crippen LogP contribution >= 0.6 is 0 Å². The summed E-state index contributed by atoms with van der Waals surface area (Å²) in [6.45, 7) is 1.76. The first-order chi connectivity index (χ1) is 7.98. The Morgan fingerprint density at radius 2 is 2.29 bits per heavy atom. The third-order valence-corrected chi connectivity index (χ3v) is 4.30. The van der Waals surface area contributed by atoms with Crippen molar-refractivity contribution in [2.45, 2.75) is 19.4 Å². The zero-order chi connectivity index (χ0) is 12.5. The number of rotatable bonds is 2. The first kappa shape index (κ1) is 11.8.